The van der Waals surface area contributed by atoms with Crippen LogP contribution in [-0.4, -0.2) is 29.9 Å². The average Bonchev–Trinajstić information content (AvgIpc) is 2.41. The van der Waals surface area contributed by atoms with Crippen LogP contribution < -0.4 is 5.73 Å². The van der Waals surface area contributed by atoms with Crippen LogP contribution >= 0.6 is 12.4 Å². The summed E-state index contributed by atoms with van der Waals surface area (Å²) >= 11 is 0. The number of piperidine rings is 1. The van der Waals surface area contributed by atoms with Crippen molar-refractivity contribution in [1.82, 2.24) is 4.90 Å². The first-order valence-corrected chi connectivity index (χ1v) is 6.80. The van der Waals surface area contributed by atoms with Crippen LogP contribution in [0.2, 0.25) is 0 Å². The summed E-state index contributed by atoms with van der Waals surface area (Å²) in [5, 5.41) is 0. The molecule has 1 heterocycles. The molecule has 2 rings (SSSR count). The Balaban J connectivity index is 0.00000200. The Labute approximate surface area is 125 Å². The Bertz CT molecular complexity index is 481. The summed E-state index contributed by atoms with van der Waals surface area (Å²) in [5.74, 6) is -0.0783. The zero-order valence-corrected chi connectivity index (χ0v) is 12.8. The molecule has 2 N–H and O–H groups in total. The van der Waals surface area contributed by atoms with Gasteiger partial charge in [0.1, 0.15) is 5.82 Å². The number of carbonyl (C=O) groups is 1. The summed E-state index contributed by atoms with van der Waals surface area (Å²) in [5.41, 5.74) is 6.41. The van der Waals surface area contributed by atoms with Gasteiger partial charge < -0.3 is 10.6 Å². The first-order valence-electron chi connectivity index (χ1n) is 6.80. The van der Waals surface area contributed by atoms with Crippen molar-refractivity contribution in [2.45, 2.75) is 32.7 Å². The number of aryl methyl sites for hydroxylation is 1. The number of nitrogens with zero attached hydrogens (tertiary/aromatic N) is 1. The van der Waals surface area contributed by atoms with Crippen molar-refractivity contribution in [2.75, 3.05) is 13.1 Å². The zero-order valence-electron chi connectivity index (χ0n) is 11.9. The lowest BCUT2D eigenvalue weighted by molar-refractivity contribution is 0.0569. The van der Waals surface area contributed by atoms with E-state index < -0.39 is 5.82 Å². The standard InChI is InChI=1S/C15H21FN2O.ClH/c1-10-6-7-18(12(8-10)9-17)15(19)13-5-3-4-11(2)14(13)16;/h3-5,10,12H,6-9,17H2,1-2H3;1H. The molecule has 0 radical (unpaired) electrons. The minimum atomic E-state index is -0.415. The van der Waals surface area contributed by atoms with Crippen molar-refractivity contribution in [2.24, 2.45) is 11.7 Å². The van der Waals surface area contributed by atoms with E-state index in [2.05, 4.69) is 6.92 Å². The minimum absolute atomic E-state index is 0. The predicted octanol–water partition coefficient (Wildman–Crippen LogP) is 2.76. The van der Waals surface area contributed by atoms with E-state index in [-0.39, 0.29) is 29.9 Å². The van der Waals surface area contributed by atoms with Gasteiger partial charge in [-0.2, -0.15) is 0 Å². The van der Waals surface area contributed by atoms with Gasteiger partial charge in [-0.3, -0.25) is 4.79 Å². The Hall–Kier alpha value is -1.13. The van der Waals surface area contributed by atoms with Gasteiger partial charge in [0, 0.05) is 19.1 Å². The second-order valence-electron chi connectivity index (χ2n) is 5.45. The number of amides is 1. The molecule has 2 atom stereocenters. The molecule has 0 aromatic heterocycles. The molecule has 1 amide bonds. The second kappa shape index (κ2) is 7.04. The maximum atomic E-state index is 14.0. The van der Waals surface area contributed by atoms with Crippen LogP contribution in [0, 0.1) is 18.7 Å². The summed E-state index contributed by atoms with van der Waals surface area (Å²) in [6, 6.07) is 4.97. The molecule has 3 nitrogen and oxygen atoms in total. The first-order chi connectivity index (χ1) is 9.04. The molecule has 0 bridgehead atoms. The summed E-state index contributed by atoms with van der Waals surface area (Å²) in [4.78, 5) is 14.2. The number of likely N-dealkylation sites (tertiary alicyclic amines) is 1. The van der Waals surface area contributed by atoms with Crippen LogP contribution in [0.5, 0.6) is 0 Å². The van der Waals surface area contributed by atoms with Gasteiger partial charge in [0.15, 0.2) is 0 Å². The SMILES string of the molecule is Cc1cccc(C(=O)N2CCC(C)CC2CN)c1F.Cl. The third-order valence-electron chi connectivity index (χ3n) is 3.93. The van der Waals surface area contributed by atoms with Crippen LogP contribution in [0.3, 0.4) is 0 Å². The highest BCUT2D eigenvalue weighted by molar-refractivity contribution is 5.95. The smallest absolute Gasteiger partial charge is 0.257 e. The van der Waals surface area contributed by atoms with E-state index >= 15 is 0 Å². The average molecular weight is 301 g/mol. The zero-order chi connectivity index (χ0) is 14.0. The Kier molecular flexibility index (Phi) is 5.96. The van der Waals surface area contributed by atoms with Crippen molar-refractivity contribution in [3.63, 3.8) is 0 Å². The van der Waals surface area contributed by atoms with Crippen molar-refractivity contribution in [3.05, 3.63) is 35.1 Å². The number of halogens is 2. The van der Waals surface area contributed by atoms with Crippen molar-refractivity contribution in [1.29, 1.82) is 0 Å². The Morgan fingerprint density at radius 3 is 2.85 bits per heavy atom. The molecule has 0 aliphatic carbocycles. The van der Waals surface area contributed by atoms with E-state index in [1.807, 2.05) is 0 Å². The van der Waals surface area contributed by atoms with Gasteiger partial charge in [0.25, 0.3) is 5.91 Å². The summed E-state index contributed by atoms with van der Waals surface area (Å²) in [7, 11) is 0. The highest BCUT2D eigenvalue weighted by Gasteiger charge is 2.30. The van der Waals surface area contributed by atoms with Gasteiger partial charge in [-0.05, 0) is 37.3 Å². The molecule has 1 fully saturated rings. The molecule has 1 aromatic rings. The van der Waals surface area contributed by atoms with Gasteiger partial charge in [-0.15, -0.1) is 12.4 Å². The van der Waals surface area contributed by atoms with E-state index in [1.54, 1.807) is 30.0 Å². The lowest BCUT2D eigenvalue weighted by Crippen LogP contribution is -2.49. The van der Waals surface area contributed by atoms with Crippen LogP contribution in [0.4, 0.5) is 4.39 Å². The monoisotopic (exact) mass is 300 g/mol. The Morgan fingerprint density at radius 2 is 2.20 bits per heavy atom. The predicted molar refractivity (Wildman–Crippen MR) is 80.7 cm³/mol. The molecule has 0 spiro atoms. The van der Waals surface area contributed by atoms with E-state index in [0.717, 1.165) is 12.8 Å². The topological polar surface area (TPSA) is 46.3 Å². The molecule has 20 heavy (non-hydrogen) atoms. The second-order valence-corrected chi connectivity index (χ2v) is 5.45. The molecule has 1 saturated heterocycles. The van der Waals surface area contributed by atoms with Crippen LogP contribution in [0.1, 0.15) is 35.7 Å². The lowest BCUT2D eigenvalue weighted by Gasteiger charge is -2.38. The summed E-state index contributed by atoms with van der Waals surface area (Å²) < 4.78 is 14.0. The Morgan fingerprint density at radius 1 is 1.50 bits per heavy atom. The van der Waals surface area contributed by atoms with Gasteiger partial charge in [-0.25, -0.2) is 4.39 Å². The highest BCUT2D eigenvalue weighted by Crippen LogP contribution is 2.24. The first kappa shape index (κ1) is 16.9. The molecule has 1 aliphatic rings. The third-order valence-corrected chi connectivity index (χ3v) is 3.93. The largest absolute Gasteiger partial charge is 0.334 e. The molecule has 1 aliphatic heterocycles. The number of carbonyl (C=O) groups excluding carboxylic acids is 1. The number of hydrogen-bond acceptors (Lipinski definition) is 2. The van der Waals surface area contributed by atoms with Crippen LogP contribution in [-0.2, 0) is 0 Å². The van der Waals surface area contributed by atoms with Gasteiger partial charge in [0.05, 0.1) is 5.56 Å². The number of benzene rings is 1. The van der Waals surface area contributed by atoms with E-state index in [0.29, 0.717) is 24.6 Å². The van der Waals surface area contributed by atoms with E-state index in [4.69, 9.17) is 5.73 Å². The van der Waals surface area contributed by atoms with Gasteiger partial charge >= 0.3 is 0 Å². The van der Waals surface area contributed by atoms with Crippen molar-refractivity contribution < 1.29 is 9.18 Å². The summed E-state index contributed by atoms with van der Waals surface area (Å²) in [6.07, 6.45) is 1.85. The molecular formula is C15H22ClFN2O. The van der Waals surface area contributed by atoms with E-state index in [1.165, 1.54) is 0 Å². The maximum absolute atomic E-state index is 14.0. The van der Waals surface area contributed by atoms with E-state index in [9.17, 15) is 9.18 Å². The molecular weight excluding hydrogens is 279 g/mol. The molecule has 112 valence electrons. The maximum Gasteiger partial charge on any atom is 0.257 e. The fourth-order valence-corrected chi connectivity index (χ4v) is 2.71. The van der Waals surface area contributed by atoms with Gasteiger partial charge in [-0.1, -0.05) is 19.1 Å². The fraction of sp³-hybridized carbons (Fsp3) is 0.533. The normalized spacial score (nSPS) is 22.3. The number of nitrogens with two attached hydrogens (primary N) is 1. The van der Waals surface area contributed by atoms with Crippen molar-refractivity contribution >= 4 is 18.3 Å². The molecule has 0 saturated carbocycles. The molecule has 1 aromatic carbocycles. The summed E-state index contributed by atoms with van der Waals surface area (Å²) in [6.45, 7) is 4.93. The minimum Gasteiger partial charge on any atom is -0.334 e. The number of rotatable bonds is 2. The van der Waals surface area contributed by atoms with Crippen molar-refractivity contribution in [3.8, 4) is 0 Å². The molecule has 2 unspecified atom stereocenters. The fourth-order valence-electron chi connectivity index (χ4n) is 2.71. The van der Waals surface area contributed by atoms with Crippen LogP contribution in [0.25, 0.3) is 0 Å². The lowest BCUT2D eigenvalue weighted by atomic mass is 9.91. The quantitative estimate of drug-likeness (QED) is 0.913. The highest BCUT2D eigenvalue weighted by atomic mass is 35.5. The molecule has 5 heteroatoms. The van der Waals surface area contributed by atoms with Gasteiger partial charge in [0.2, 0.25) is 0 Å². The van der Waals surface area contributed by atoms with Crippen LogP contribution in [0.15, 0.2) is 18.2 Å². The number of hydrogen-bond donors (Lipinski definition) is 1. The third kappa shape index (κ3) is 3.30.